The lowest BCUT2D eigenvalue weighted by Crippen LogP contribution is -2.37. The number of nitrogens with zero attached hydrogens (tertiary/aromatic N) is 4. The van der Waals surface area contributed by atoms with Crippen molar-refractivity contribution in [1.82, 2.24) is 14.6 Å². The third-order valence-electron chi connectivity index (χ3n) is 3.71. The molecule has 4 rings (SSSR count). The van der Waals surface area contributed by atoms with Gasteiger partial charge in [0, 0.05) is 23.7 Å². The van der Waals surface area contributed by atoms with E-state index in [1.54, 1.807) is 22.8 Å². The van der Waals surface area contributed by atoms with Crippen molar-refractivity contribution in [2.45, 2.75) is 6.42 Å². The Morgan fingerprint density at radius 1 is 1.24 bits per heavy atom. The van der Waals surface area contributed by atoms with Crippen LogP contribution in [0, 0.1) is 12.0 Å². The minimum absolute atomic E-state index is 0.360. The van der Waals surface area contributed by atoms with Gasteiger partial charge in [-0.15, -0.1) is 0 Å². The monoisotopic (exact) mass is 301 g/mol. The lowest BCUT2D eigenvalue weighted by molar-refractivity contribution is 0.617. The van der Waals surface area contributed by atoms with Crippen LogP contribution >= 0.6 is 11.6 Å². The third kappa shape index (κ3) is 1.96. The van der Waals surface area contributed by atoms with Gasteiger partial charge in [0.25, 0.3) is 0 Å². The molecule has 1 aromatic carbocycles. The predicted octanol–water partition coefficient (Wildman–Crippen LogP) is 3.20. The Kier molecular flexibility index (Phi) is 2.82. The maximum atomic E-state index is 14.1. The summed E-state index contributed by atoms with van der Waals surface area (Å²) in [6, 6.07) is 6.48. The molecule has 0 aliphatic carbocycles. The molecule has 4 nitrogen and oxygen atoms in total. The molecule has 0 unspecified atom stereocenters. The number of hydrogen-bond donors (Lipinski definition) is 0. The Morgan fingerprint density at radius 2 is 2.10 bits per heavy atom. The summed E-state index contributed by atoms with van der Waals surface area (Å²) in [5, 5.41) is 4.64. The fourth-order valence-electron chi connectivity index (χ4n) is 2.49. The van der Waals surface area contributed by atoms with Gasteiger partial charge in [0.15, 0.2) is 5.65 Å². The molecule has 1 aliphatic heterocycles. The number of benzene rings is 1. The fraction of sp³-hybridized carbons (Fsp3) is 0.200. The minimum atomic E-state index is -0.406. The highest BCUT2D eigenvalue weighted by Crippen LogP contribution is 2.29. The lowest BCUT2D eigenvalue weighted by Gasteiger charge is -2.32. The first-order chi connectivity index (χ1) is 10.2. The Morgan fingerprint density at radius 3 is 2.81 bits per heavy atom. The first-order valence-electron chi connectivity index (χ1n) is 6.70. The molecule has 1 aliphatic rings. The number of rotatable bonds is 2. The summed E-state index contributed by atoms with van der Waals surface area (Å²) in [5.41, 5.74) is 2.59. The molecule has 2 aromatic heterocycles. The second kappa shape index (κ2) is 4.70. The third-order valence-corrected chi connectivity index (χ3v) is 3.94. The van der Waals surface area contributed by atoms with Crippen molar-refractivity contribution in [2.24, 2.45) is 0 Å². The topological polar surface area (TPSA) is 33.4 Å². The van der Waals surface area contributed by atoms with E-state index in [1.165, 1.54) is 12.5 Å². The molecule has 0 atom stereocenters. The summed E-state index contributed by atoms with van der Waals surface area (Å²) in [4.78, 5) is 6.52. The van der Waals surface area contributed by atoms with E-state index in [0.717, 1.165) is 18.8 Å². The zero-order valence-corrected chi connectivity index (χ0v) is 11.8. The number of fused-ring (bicyclic) bond motifs is 1. The predicted molar refractivity (Wildman–Crippen MR) is 79.1 cm³/mol. The van der Waals surface area contributed by atoms with Crippen molar-refractivity contribution in [3.8, 4) is 11.3 Å². The molecule has 6 heteroatoms. The van der Waals surface area contributed by atoms with Crippen molar-refractivity contribution < 1.29 is 4.39 Å². The lowest BCUT2D eigenvalue weighted by atomic mass is 10.1. The van der Waals surface area contributed by atoms with Crippen LogP contribution in [-0.4, -0.2) is 27.7 Å². The Bertz CT molecular complexity index is 826. The quantitative estimate of drug-likeness (QED) is 0.729. The molecule has 0 saturated carbocycles. The number of aromatic nitrogens is 3. The molecular weight excluding hydrogens is 291 g/mol. The summed E-state index contributed by atoms with van der Waals surface area (Å²) in [6.45, 7) is 2.02. The average molecular weight is 302 g/mol. The van der Waals surface area contributed by atoms with E-state index in [1.807, 2.05) is 6.07 Å². The van der Waals surface area contributed by atoms with E-state index < -0.39 is 5.82 Å². The summed E-state index contributed by atoms with van der Waals surface area (Å²) >= 11 is 5.79. The van der Waals surface area contributed by atoms with E-state index in [9.17, 15) is 4.39 Å². The largest absolute Gasteiger partial charge is 0.368 e. The number of hydrogen-bond acceptors (Lipinski definition) is 3. The first kappa shape index (κ1) is 12.6. The van der Waals surface area contributed by atoms with Gasteiger partial charge in [-0.2, -0.15) is 5.10 Å². The highest BCUT2D eigenvalue weighted by Gasteiger charge is 2.20. The Labute approximate surface area is 125 Å². The number of halogens is 2. The first-order valence-corrected chi connectivity index (χ1v) is 7.07. The van der Waals surface area contributed by atoms with Crippen LogP contribution in [0.3, 0.4) is 0 Å². The minimum Gasteiger partial charge on any atom is -0.368 e. The van der Waals surface area contributed by atoms with E-state index in [0.29, 0.717) is 21.9 Å². The standard InChI is InChI=1S/C15H11ClFN4/c16-10-2-3-11(12(17)8-10)14-9-18-15-13(20-6-1-7-20)4-5-19-21(14)15/h2-5,8H,1,6-7H2. The molecule has 0 spiro atoms. The van der Waals surface area contributed by atoms with Crippen LogP contribution < -0.4 is 4.90 Å². The van der Waals surface area contributed by atoms with Gasteiger partial charge < -0.3 is 4.90 Å². The van der Waals surface area contributed by atoms with Crippen molar-refractivity contribution >= 4 is 22.9 Å². The van der Waals surface area contributed by atoms with Crippen molar-refractivity contribution in [2.75, 3.05) is 18.0 Å². The van der Waals surface area contributed by atoms with Crippen molar-refractivity contribution in [3.63, 3.8) is 0 Å². The molecule has 1 radical (unpaired) electrons. The highest BCUT2D eigenvalue weighted by atomic mass is 35.5. The molecule has 0 N–H and O–H groups in total. The molecule has 0 amide bonds. The zero-order valence-electron chi connectivity index (χ0n) is 11.1. The Hall–Kier alpha value is -2.14. The smallest absolute Gasteiger partial charge is 0.178 e. The van der Waals surface area contributed by atoms with Gasteiger partial charge in [0.2, 0.25) is 0 Å². The van der Waals surface area contributed by atoms with Crippen LogP contribution in [-0.2, 0) is 0 Å². The van der Waals surface area contributed by atoms with E-state index in [4.69, 9.17) is 11.6 Å². The van der Waals surface area contributed by atoms with E-state index in [-0.39, 0.29) is 0 Å². The molecular formula is C15H11ClFN4. The van der Waals surface area contributed by atoms with Crippen LogP contribution in [0.2, 0.25) is 5.02 Å². The van der Waals surface area contributed by atoms with E-state index >= 15 is 0 Å². The summed E-state index contributed by atoms with van der Waals surface area (Å²) in [5.74, 6) is -0.406. The molecule has 3 heterocycles. The zero-order chi connectivity index (χ0) is 14.4. The van der Waals surface area contributed by atoms with Gasteiger partial charge in [0.1, 0.15) is 17.7 Å². The molecule has 1 fully saturated rings. The SMILES string of the molecule is Fc1cc(Cl)ccc1-c1[c]nc2c(N3CCC3)ccnn12. The second-order valence-corrected chi connectivity index (χ2v) is 5.43. The molecule has 1 saturated heterocycles. The van der Waals surface area contributed by atoms with Crippen LogP contribution in [0.15, 0.2) is 30.5 Å². The van der Waals surface area contributed by atoms with Gasteiger partial charge in [-0.25, -0.2) is 13.9 Å². The second-order valence-electron chi connectivity index (χ2n) is 4.99. The average Bonchev–Trinajstić information content (AvgIpc) is 2.82. The van der Waals surface area contributed by atoms with E-state index in [2.05, 4.69) is 21.2 Å². The number of imidazole rings is 1. The Balaban J connectivity index is 1.90. The van der Waals surface area contributed by atoms with Crippen LogP contribution in [0.25, 0.3) is 16.9 Å². The van der Waals surface area contributed by atoms with Crippen molar-refractivity contribution in [3.05, 3.63) is 47.5 Å². The summed E-state index contributed by atoms with van der Waals surface area (Å²) in [6.07, 6.45) is 5.75. The fourth-order valence-corrected chi connectivity index (χ4v) is 2.65. The molecule has 105 valence electrons. The number of anilines is 1. The molecule has 0 bridgehead atoms. The molecule has 3 aromatic rings. The van der Waals surface area contributed by atoms with Gasteiger partial charge in [-0.3, -0.25) is 0 Å². The maximum absolute atomic E-state index is 14.1. The maximum Gasteiger partial charge on any atom is 0.178 e. The van der Waals surface area contributed by atoms with Crippen LogP contribution in [0.5, 0.6) is 0 Å². The highest BCUT2D eigenvalue weighted by molar-refractivity contribution is 6.30. The van der Waals surface area contributed by atoms with Gasteiger partial charge in [0.05, 0.1) is 11.9 Å². The normalized spacial score (nSPS) is 14.5. The van der Waals surface area contributed by atoms with Crippen LogP contribution in [0.1, 0.15) is 6.42 Å². The van der Waals surface area contributed by atoms with Gasteiger partial charge in [-0.05, 0) is 30.7 Å². The summed E-state index contributed by atoms with van der Waals surface area (Å²) < 4.78 is 15.7. The van der Waals surface area contributed by atoms with Crippen LogP contribution in [0.4, 0.5) is 10.1 Å². The summed E-state index contributed by atoms with van der Waals surface area (Å²) in [7, 11) is 0. The van der Waals surface area contributed by atoms with Gasteiger partial charge in [-0.1, -0.05) is 11.6 Å². The van der Waals surface area contributed by atoms with Crippen molar-refractivity contribution in [1.29, 1.82) is 0 Å². The molecule has 21 heavy (non-hydrogen) atoms. The van der Waals surface area contributed by atoms with Gasteiger partial charge >= 0.3 is 0 Å².